The lowest BCUT2D eigenvalue weighted by molar-refractivity contribution is 0.192. The van der Waals surface area contributed by atoms with Crippen molar-refractivity contribution in [2.75, 3.05) is 11.5 Å². The van der Waals surface area contributed by atoms with Crippen LogP contribution in [0.3, 0.4) is 0 Å². The van der Waals surface area contributed by atoms with Crippen molar-refractivity contribution in [3.05, 3.63) is 0 Å². The normalized spacial score (nSPS) is 13.4. The van der Waals surface area contributed by atoms with Crippen LogP contribution < -0.4 is 5.73 Å². The highest BCUT2D eigenvalue weighted by Crippen LogP contribution is 2.23. The zero-order valence-electron chi connectivity index (χ0n) is 9.34. The van der Waals surface area contributed by atoms with Gasteiger partial charge in [-0.25, -0.2) is 0 Å². The minimum Gasteiger partial charge on any atom is -0.393 e. The van der Waals surface area contributed by atoms with Gasteiger partial charge in [-0.05, 0) is 27.2 Å². The largest absolute Gasteiger partial charge is 0.393 e. The molecule has 1 rings (SSSR count). The zero-order valence-corrected chi connectivity index (χ0v) is 10.2. The summed E-state index contributed by atoms with van der Waals surface area (Å²) in [6, 6.07) is 0.258. The van der Waals surface area contributed by atoms with Crippen molar-refractivity contribution in [1.82, 2.24) is 14.8 Å². The average molecular weight is 230 g/mol. The topological polar surface area (TPSA) is 77.0 Å². The fourth-order valence-electron chi connectivity index (χ4n) is 1.19. The molecule has 6 heteroatoms. The monoisotopic (exact) mass is 230 g/mol. The van der Waals surface area contributed by atoms with Gasteiger partial charge in [0.05, 0.1) is 6.10 Å². The first kappa shape index (κ1) is 12.3. The van der Waals surface area contributed by atoms with Gasteiger partial charge in [0.15, 0.2) is 5.16 Å². The summed E-state index contributed by atoms with van der Waals surface area (Å²) in [6.07, 6.45) is 0.473. The van der Waals surface area contributed by atoms with Crippen LogP contribution in [0.5, 0.6) is 0 Å². The van der Waals surface area contributed by atoms with Gasteiger partial charge in [-0.1, -0.05) is 11.8 Å². The molecule has 86 valence electrons. The Morgan fingerprint density at radius 2 is 2.07 bits per heavy atom. The number of hydrogen-bond acceptors (Lipinski definition) is 5. The van der Waals surface area contributed by atoms with E-state index in [1.807, 2.05) is 18.4 Å². The van der Waals surface area contributed by atoms with Crippen LogP contribution in [0.15, 0.2) is 5.16 Å². The number of nitrogen functional groups attached to an aromatic ring is 1. The van der Waals surface area contributed by atoms with Gasteiger partial charge < -0.3 is 10.8 Å². The Morgan fingerprint density at radius 1 is 1.40 bits per heavy atom. The molecule has 0 aliphatic rings. The lowest BCUT2D eigenvalue weighted by atomic mass is 10.3. The summed E-state index contributed by atoms with van der Waals surface area (Å²) in [4.78, 5) is 0. The number of nitrogens with two attached hydrogens (primary N) is 1. The molecule has 0 aliphatic carbocycles. The van der Waals surface area contributed by atoms with Crippen molar-refractivity contribution in [2.45, 2.75) is 44.5 Å². The molecule has 0 saturated carbocycles. The highest BCUT2D eigenvalue weighted by molar-refractivity contribution is 7.99. The third kappa shape index (κ3) is 3.39. The number of nitrogens with zero attached hydrogens (tertiary/aromatic N) is 3. The Bertz CT molecular complexity index is 311. The van der Waals surface area contributed by atoms with E-state index in [4.69, 9.17) is 10.8 Å². The predicted molar refractivity (Wildman–Crippen MR) is 61.8 cm³/mol. The van der Waals surface area contributed by atoms with Crippen LogP contribution in [0.25, 0.3) is 0 Å². The number of aromatic nitrogens is 3. The highest BCUT2D eigenvalue weighted by Gasteiger charge is 2.12. The summed E-state index contributed by atoms with van der Waals surface area (Å²) < 4.78 is 1.90. The van der Waals surface area contributed by atoms with Crippen molar-refractivity contribution < 1.29 is 5.11 Å². The van der Waals surface area contributed by atoms with E-state index in [9.17, 15) is 0 Å². The van der Waals surface area contributed by atoms with E-state index in [1.165, 1.54) is 0 Å². The summed E-state index contributed by atoms with van der Waals surface area (Å²) in [7, 11) is 0. The molecule has 5 nitrogen and oxygen atoms in total. The van der Waals surface area contributed by atoms with Gasteiger partial charge in [0, 0.05) is 11.8 Å². The average Bonchev–Trinajstić information content (AvgIpc) is 2.46. The third-order valence-electron chi connectivity index (χ3n) is 1.97. The van der Waals surface area contributed by atoms with Crippen molar-refractivity contribution >= 4 is 17.7 Å². The van der Waals surface area contributed by atoms with Crippen LogP contribution in [-0.2, 0) is 0 Å². The van der Waals surface area contributed by atoms with E-state index >= 15 is 0 Å². The van der Waals surface area contributed by atoms with Gasteiger partial charge in [-0.2, -0.15) is 0 Å². The number of anilines is 1. The lowest BCUT2D eigenvalue weighted by Crippen LogP contribution is -2.07. The molecule has 1 aromatic heterocycles. The van der Waals surface area contributed by atoms with Crippen LogP contribution in [0.4, 0.5) is 5.95 Å². The number of rotatable bonds is 5. The van der Waals surface area contributed by atoms with Gasteiger partial charge in [0.2, 0.25) is 5.95 Å². The van der Waals surface area contributed by atoms with Gasteiger partial charge in [-0.3, -0.25) is 4.57 Å². The minimum absolute atomic E-state index is 0.258. The smallest absolute Gasteiger partial charge is 0.222 e. The summed E-state index contributed by atoms with van der Waals surface area (Å²) >= 11 is 1.57. The van der Waals surface area contributed by atoms with Gasteiger partial charge >= 0.3 is 0 Å². The molecule has 1 heterocycles. The highest BCUT2D eigenvalue weighted by atomic mass is 32.2. The first-order valence-corrected chi connectivity index (χ1v) is 6.02. The molecule has 0 bridgehead atoms. The second-order valence-corrected chi connectivity index (χ2v) is 4.85. The minimum atomic E-state index is -0.273. The summed E-state index contributed by atoms with van der Waals surface area (Å²) in [5.74, 6) is 1.27. The third-order valence-corrected chi connectivity index (χ3v) is 2.95. The van der Waals surface area contributed by atoms with Crippen molar-refractivity contribution in [2.24, 2.45) is 0 Å². The summed E-state index contributed by atoms with van der Waals surface area (Å²) in [5.41, 5.74) is 5.70. The fourth-order valence-corrected chi connectivity index (χ4v) is 2.38. The Kier molecular flexibility index (Phi) is 4.41. The molecule has 0 spiro atoms. The van der Waals surface area contributed by atoms with E-state index in [0.29, 0.717) is 5.95 Å². The molecule has 3 N–H and O–H groups in total. The van der Waals surface area contributed by atoms with E-state index < -0.39 is 0 Å². The molecule has 0 fully saturated rings. The molecule has 0 aromatic carbocycles. The second-order valence-electron chi connectivity index (χ2n) is 3.79. The van der Waals surface area contributed by atoms with Crippen LogP contribution in [0, 0.1) is 0 Å². The van der Waals surface area contributed by atoms with Gasteiger partial charge in [-0.15, -0.1) is 10.2 Å². The maximum atomic E-state index is 9.13. The van der Waals surface area contributed by atoms with E-state index in [-0.39, 0.29) is 12.1 Å². The Labute approximate surface area is 94.1 Å². The molecule has 0 aliphatic heterocycles. The number of aliphatic hydroxyl groups is 1. The molecular formula is C9H18N4OS. The maximum Gasteiger partial charge on any atom is 0.222 e. The first-order valence-electron chi connectivity index (χ1n) is 5.03. The van der Waals surface area contributed by atoms with E-state index in [0.717, 1.165) is 17.3 Å². The van der Waals surface area contributed by atoms with Crippen LogP contribution in [0.1, 0.15) is 33.2 Å². The van der Waals surface area contributed by atoms with Crippen molar-refractivity contribution in [1.29, 1.82) is 0 Å². The fraction of sp³-hybridized carbons (Fsp3) is 0.778. The SMILES string of the molecule is CC(O)CCSc1nnc(N)n1C(C)C. The van der Waals surface area contributed by atoms with Crippen molar-refractivity contribution in [3.8, 4) is 0 Å². The van der Waals surface area contributed by atoms with Crippen LogP contribution in [0.2, 0.25) is 0 Å². The standard InChI is InChI=1S/C9H18N4OS/c1-6(2)13-8(10)11-12-9(13)15-5-4-7(3)14/h6-7,14H,4-5H2,1-3H3,(H2,10,11). The molecular weight excluding hydrogens is 212 g/mol. The molecule has 0 saturated heterocycles. The second kappa shape index (κ2) is 5.37. The Hall–Kier alpha value is -0.750. The van der Waals surface area contributed by atoms with Crippen LogP contribution in [-0.4, -0.2) is 31.7 Å². The van der Waals surface area contributed by atoms with Gasteiger partial charge in [0.25, 0.3) is 0 Å². The summed E-state index contributed by atoms with van der Waals surface area (Å²) in [6.45, 7) is 5.86. The lowest BCUT2D eigenvalue weighted by Gasteiger charge is -2.11. The van der Waals surface area contributed by atoms with Gasteiger partial charge in [0.1, 0.15) is 0 Å². The number of hydrogen-bond donors (Lipinski definition) is 2. The number of aliphatic hydroxyl groups excluding tert-OH is 1. The molecule has 15 heavy (non-hydrogen) atoms. The van der Waals surface area contributed by atoms with Crippen LogP contribution >= 0.6 is 11.8 Å². The quantitative estimate of drug-likeness (QED) is 0.746. The zero-order chi connectivity index (χ0) is 11.4. The van der Waals surface area contributed by atoms with E-state index in [2.05, 4.69) is 10.2 Å². The first-order chi connectivity index (χ1) is 7.02. The number of thioether (sulfide) groups is 1. The molecule has 1 atom stereocenters. The summed E-state index contributed by atoms with van der Waals surface area (Å²) in [5, 5.41) is 17.8. The predicted octanol–water partition coefficient (Wildman–Crippen LogP) is 1.30. The molecule has 1 aromatic rings. The van der Waals surface area contributed by atoms with E-state index in [1.54, 1.807) is 18.7 Å². The molecule has 0 radical (unpaired) electrons. The Balaban J connectivity index is 2.61. The molecule has 1 unspecified atom stereocenters. The molecule has 0 amide bonds. The van der Waals surface area contributed by atoms with Crippen molar-refractivity contribution in [3.63, 3.8) is 0 Å². The Morgan fingerprint density at radius 3 is 2.60 bits per heavy atom. The maximum absolute atomic E-state index is 9.13.